The molecule has 7 heteroatoms. The quantitative estimate of drug-likeness (QED) is 0.367. The molecule has 2 bridgehead atoms. The fourth-order valence-corrected chi connectivity index (χ4v) is 7.14. The second-order valence-electron chi connectivity index (χ2n) is 11.2. The van der Waals surface area contributed by atoms with Crippen LogP contribution in [0.4, 0.5) is 0 Å². The lowest BCUT2D eigenvalue weighted by molar-refractivity contribution is -0.184. The number of esters is 3. The Balaban J connectivity index is 2.22. The minimum absolute atomic E-state index is 0.239. The molecule has 0 amide bonds. The normalized spacial score (nSPS) is 37.1. The van der Waals surface area contributed by atoms with Gasteiger partial charge in [-0.2, -0.15) is 0 Å². The molecule has 7 unspecified atom stereocenters. The Morgan fingerprint density at radius 2 is 1.71 bits per heavy atom. The molecule has 0 aromatic rings. The summed E-state index contributed by atoms with van der Waals surface area (Å²) in [6.07, 6.45) is 0.0717. The van der Waals surface area contributed by atoms with Gasteiger partial charge in [-0.25, -0.2) is 0 Å². The summed E-state index contributed by atoms with van der Waals surface area (Å²) in [7, 11) is 0. The molecule has 34 heavy (non-hydrogen) atoms. The van der Waals surface area contributed by atoms with Crippen LogP contribution >= 0.6 is 0 Å². The molecule has 190 valence electrons. The summed E-state index contributed by atoms with van der Waals surface area (Å²) in [5, 5.41) is 11.5. The number of aliphatic hydroxyl groups is 1. The van der Waals surface area contributed by atoms with Gasteiger partial charge in [0, 0.05) is 38.5 Å². The summed E-state index contributed by atoms with van der Waals surface area (Å²) in [5.41, 5.74) is 1.57. The number of rotatable bonds is 4. The molecule has 2 saturated carbocycles. The van der Waals surface area contributed by atoms with Crippen molar-refractivity contribution in [2.75, 3.05) is 0 Å². The molecule has 3 aliphatic carbocycles. The van der Waals surface area contributed by atoms with Crippen molar-refractivity contribution in [1.82, 2.24) is 0 Å². The van der Waals surface area contributed by atoms with Gasteiger partial charge in [-0.05, 0) is 48.2 Å². The zero-order valence-electron chi connectivity index (χ0n) is 21.6. The molecule has 3 aliphatic rings. The van der Waals surface area contributed by atoms with Gasteiger partial charge in [0.05, 0.1) is 6.10 Å². The SMILES string of the molecule is C=C1C(OC(C)=O)CCC2(C)CC(O)C3=C(C)CC(OC(=O)CC)C(C(OC(C)=O)C12)C3(C)C. The van der Waals surface area contributed by atoms with Crippen LogP contribution in [0.25, 0.3) is 0 Å². The minimum Gasteiger partial charge on any atom is -0.462 e. The Morgan fingerprint density at radius 1 is 1.09 bits per heavy atom. The van der Waals surface area contributed by atoms with Crippen molar-refractivity contribution in [2.45, 2.75) is 105 Å². The fraction of sp³-hybridized carbons (Fsp3) is 0.741. The Hall–Kier alpha value is -2.15. The van der Waals surface area contributed by atoms with Crippen LogP contribution in [0.15, 0.2) is 23.3 Å². The lowest BCUT2D eigenvalue weighted by Gasteiger charge is -2.58. The fourth-order valence-electron chi connectivity index (χ4n) is 7.14. The van der Waals surface area contributed by atoms with Crippen LogP contribution in [0, 0.1) is 22.7 Å². The highest BCUT2D eigenvalue weighted by Gasteiger charge is 2.60. The van der Waals surface area contributed by atoms with E-state index >= 15 is 0 Å². The standard InChI is InChI=1S/C27H40O7/c1-9-21(31)34-20-12-14(2)22-18(30)13-27(8)11-10-19(32-16(4)28)15(3)23(27)25(33-17(5)29)24(20)26(22,6)7/h18-20,23-25,30H,3,9-13H2,1-2,4-8H3. The molecule has 2 fully saturated rings. The minimum atomic E-state index is -0.691. The predicted molar refractivity (Wildman–Crippen MR) is 126 cm³/mol. The number of carbonyl (C=O) groups is 3. The highest BCUT2D eigenvalue weighted by Crippen LogP contribution is 2.60. The molecule has 0 aliphatic heterocycles. The molecular weight excluding hydrogens is 436 g/mol. The smallest absolute Gasteiger partial charge is 0.305 e. The van der Waals surface area contributed by atoms with Crippen LogP contribution in [-0.2, 0) is 28.6 Å². The van der Waals surface area contributed by atoms with Crippen LogP contribution in [0.3, 0.4) is 0 Å². The molecule has 7 nitrogen and oxygen atoms in total. The summed E-state index contributed by atoms with van der Waals surface area (Å²) >= 11 is 0. The molecule has 0 aromatic carbocycles. The molecule has 1 N–H and O–H groups in total. The lowest BCUT2D eigenvalue weighted by atomic mass is 9.50. The van der Waals surface area contributed by atoms with E-state index in [1.165, 1.54) is 13.8 Å². The zero-order chi connectivity index (χ0) is 25.6. The maximum Gasteiger partial charge on any atom is 0.305 e. The highest BCUT2D eigenvalue weighted by atomic mass is 16.6. The van der Waals surface area contributed by atoms with Crippen LogP contribution in [0.1, 0.15) is 80.6 Å². The lowest BCUT2D eigenvalue weighted by Crippen LogP contribution is -2.60. The van der Waals surface area contributed by atoms with E-state index in [2.05, 4.69) is 13.5 Å². The third-order valence-corrected chi connectivity index (χ3v) is 8.29. The second-order valence-corrected chi connectivity index (χ2v) is 11.2. The van der Waals surface area contributed by atoms with Crippen LogP contribution in [0.5, 0.6) is 0 Å². The highest BCUT2D eigenvalue weighted by molar-refractivity contribution is 5.69. The average Bonchev–Trinajstić information content (AvgIpc) is 2.67. The predicted octanol–water partition coefficient (Wildman–Crippen LogP) is 4.27. The van der Waals surface area contributed by atoms with Crippen molar-refractivity contribution in [3.8, 4) is 0 Å². The second kappa shape index (κ2) is 9.48. The topological polar surface area (TPSA) is 99.1 Å². The molecule has 3 rings (SSSR count). The monoisotopic (exact) mass is 476 g/mol. The number of ether oxygens (including phenoxy) is 3. The van der Waals surface area contributed by atoms with E-state index in [-0.39, 0.29) is 18.3 Å². The van der Waals surface area contributed by atoms with Crippen molar-refractivity contribution in [3.63, 3.8) is 0 Å². The maximum atomic E-state index is 12.4. The average molecular weight is 477 g/mol. The van der Waals surface area contributed by atoms with Crippen molar-refractivity contribution in [3.05, 3.63) is 23.3 Å². The summed E-state index contributed by atoms with van der Waals surface area (Å²) in [5.74, 6) is -1.92. The zero-order valence-corrected chi connectivity index (χ0v) is 21.6. The third-order valence-electron chi connectivity index (χ3n) is 8.29. The largest absolute Gasteiger partial charge is 0.462 e. The van der Waals surface area contributed by atoms with E-state index < -0.39 is 53.1 Å². The first-order valence-corrected chi connectivity index (χ1v) is 12.3. The summed E-state index contributed by atoms with van der Waals surface area (Å²) in [4.78, 5) is 36.7. The molecule has 0 radical (unpaired) electrons. The summed E-state index contributed by atoms with van der Waals surface area (Å²) in [6.45, 7) is 17.0. The van der Waals surface area contributed by atoms with Crippen molar-refractivity contribution in [1.29, 1.82) is 0 Å². The van der Waals surface area contributed by atoms with E-state index in [1.807, 2.05) is 20.8 Å². The third kappa shape index (κ3) is 4.68. The van der Waals surface area contributed by atoms with Crippen LogP contribution in [-0.4, -0.2) is 47.4 Å². The van der Waals surface area contributed by atoms with Gasteiger partial charge in [0.2, 0.25) is 0 Å². The Kier molecular flexibility index (Phi) is 7.38. The molecule has 0 saturated heterocycles. The first-order valence-electron chi connectivity index (χ1n) is 12.3. The van der Waals surface area contributed by atoms with E-state index in [9.17, 15) is 19.5 Å². The van der Waals surface area contributed by atoms with Gasteiger partial charge in [0.1, 0.15) is 18.3 Å². The summed E-state index contributed by atoms with van der Waals surface area (Å²) in [6, 6.07) is 0. The number of hydrogen-bond donors (Lipinski definition) is 1. The summed E-state index contributed by atoms with van der Waals surface area (Å²) < 4.78 is 17.6. The number of hydrogen-bond acceptors (Lipinski definition) is 7. The molecule has 7 atom stereocenters. The maximum absolute atomic E-state index is 12.4. The number of carbonyl (C=O) groups excluding carboxylic acids is 3. The van der Waals surface area contributed by atoms with Gasteiger partial charge in [0.15, 0.2) is 0 Å². The van der Waals surface area contributed by atoms with E-state index in [0.29, 0.717) is 31.3 Å². The van der Waals surface area contributed by atoms with Crippen molar-refractivity contribution in [2.24, 2.45) is 22.7 Å². The van der Waals surface area contributed by atoms with Gasteiger partial charge in [-0.15, -0.1) is 0 Å². The van der Waals surface area contributed by atoms with E-state index in [4.69, 9.17) is 14.2 Å². The first kappa shape index (κ1) is 26.5. The molecular formula is C27H40O7. The Labute approximate surface area is 202 Å². The van der Waals surface area contributed by atoms with Crippen LogP contribution < -0.4 is 0 Å². The van der Waals surface area contributed by atoms with Gasteiger partial charge < -0.3 is 19.3 Å². The van der Waals surface area contributed by atoms with E-state index in [1.54, 1.807) is 6.92 Å². The van der Waals surface area contributed by atoms with Gasteiger partial charge in [-0.1, -0.05) is 39.8 Å². The van der Waals surface area contributed by atoms with Gasteiger partial charge in [0.25, 0.3) is 0 Å². The van der Waals surface area contributed by atoms with Crippen molar-refractivity contribution >= 4 is 17.9 Å². The Bertz CT molecular complexity index is 901. The molecule has 0 spiro atoms. The number of fused-ring (bicyclic) bond motifs is 3. The Morgan fingerprint density at radius 3 is 2.26 bits per heavy atom. The molecule has 0 aromatic heterocycles. The first-order chi connectivity index (χ1) is 15.7. The van der Waals surface area contributed by atoms with Gasteiger partial charge >= 0.3 is 17.9 Å². The van der Waals surface area contributed by atoms with E-state index in [0.717, 1.165) is 11.1 Å². The number of aliphatic hydroxyl groups excluding tert-OH is 1. The van der Waals surface area contributed by atoms with Crippen molar-refractivity contribution < 1.29 is 33.7 Å². The molecule has 0 heterocycles. The van der Waals surface area contributed by atoms with Gasteiger partial charge in [-0.3, -0.25) is 14.4 Å². The van der Waals surface area contributed by atoms with Crippen LogP contribution in [0.2, 0.25) is 0 Å².